The Bertz CT molecular complexity index is 606. The van der Waals surface area contributed by atoms with Gasteiger partial charge in [0.15, 0.2) is 0 Å². The van der Waals surface area contributed by atoms with Crippen LogP contribution in [0.5, 0.6) is 0 Å². The van der Waals surface area contributed by atoms with Crippen LogP contribution in [0.1, 0.15) is 37.8 Å². The van der Waals surface area contributed by atoms with Gasteiger partial charge in [0.25, 0.3) is 0 Å². The van der Waals surface area contributed by atoms with Gasteiger partial charge in [-0.05, 0) is 42.2 Å². The van der Waals surface area contributed by atoms with Crippen LogP contribution in [0.3, 0.4) is 0 Å². The summed E-state index contributed by atoms with van der Waals surface area (Å²) in [6.45, 7) is 4.23. The highest BCUT2D eigenvalue weighted by atomic mass is 16.4. The number of hydrogen-bond acceptors (Lipinski definition) is 1. The summed E-state index contributed by atoms with van der Waals surface area (Å²) in [6, 6.07) is 20.3. The third-order valence-electron chi connectivity index (χ3n) is 5.06. The maximum absolute atomic E-state index is 11.9. The van der Waals surface area contributed by atoms with Gasteiger partial charge in [-0.1, -0.05) is 74.5 Å². The summed E-state index contributed by atoms with van der Waals surface area (Å²) in [7, 11) is 0. The van der Waals surface area contributed by atoms with Crippen LogP contribution in [-0.4, -0.2) is 11.1 Å². The van der Waals surface area contributed by atoms with Crippen LogP contribution in [-0.2, 0) is 17.6 Å². The van der Waals surface area contributed by atoms with Gasteiger partial charge in [-0.2, -0.15) is 0 Å². The molecule has 2 aromatic rings. The number of benzene rings is 2. The van der Waals surface area contributed by atoms with Crippen LogP contribution in [0.25, 0.3) is 0 Å². The lowest BCUT2D eigenvalue weighted by Gasteiger charge is -2.35. The molecule has 1 N–H and O–H groups in total. The van der Waals surface area contributed by atoms with Crippen LogP contribution in [0, 0.1) is 11.3 Å². The van der Waals surface area contributed by atoms with Crippen LogP contribution in [0.2, 0.25) is 0 Å². The Morgan fingerprint density at radius 1 is 1.00 bits per heavy atom. The molecule has 0 spiro atoms. The van der Waals surface area contributed by atoms with Crippen LogP contribution < -0.4 is 0 Å². The Morgan fingerprint density at radius 3 is 2.00 bits per heavy atom. The third-order valence-corrected chi connectivity index (χ3v) is 5.06. The number of carboxylic acid groups (broad SMARTS) is 1. The van der Waals surface area contributed by atoms with Crippen molar-refractivity contribution in [3.63, 3.8) is 0 Å². The topological polar surface area (TPSA) is 37.3 Å². The van der Waals surface area contributed by atoms with Crippen molar-refractivity contribution < 1.29 is 9.90 Å². The summed E-state index contributed by atoms with van der Waals surface area (Å²) >= 11 is 0. The Hall–Kier alpha value is -2.09. The molecule has 2 heteroatoms. The Labute approximate surface area is 139 Å². The molecule has 0 aromatic heterocycles. The summed E-state index contributed by atoms with van der Waals surface area (Å²) < 4.78 is 0. The van der Waals surface area contributed by atoms with E-state index in [9.17, 15) is 9.90 Å². The summed E-state index contributed by atoms with van der Waals surface area (Å²) in [6.07, 6.45) is 3.26. The maximum Gasteiger partial charge on any atom is 0.307 e. The van der Waals surface area contributed by atoms with Crippen molar-refractivity contribution in [1.29, 1.82) is 0 Å². The molecule has 2 unspecified atom stereocenters. The first-order chi connectivity index (χ1) is 11.0. The Morgan fingerprint density at radius 2 is 1.52 bits per heavy atom. The lowest BCUT2D eigenvalue weighted by Crippen LogP contribution is -2.35. The van der Waals surface area contributed by atoms with Crippen LogP contribution >= 0.6 is 0 Å². The van der Waals surface area contributed by atoms with Crippen molar-refractivity contribution >= 4 is 5.97 Å². The number of carboxylic acids is 1. The van der Waals surface area contributed by atoms with Gasteiger partial charge in [0.05, 0.1) is 5.92 Å². The van der Waals surface area contributed by atoms with Crippen molar-refractivity contribution in [2.45, 2.75) is 39.5 Å². The van der Waals surface area contributed by atoms with Crippen molar-refractivity contribution in [3.8, 4) is 0 Å². The van der Waals surface area contributed by atoms with Crippen molar-refractivity contribution in [2.24, 2.45) is 11.3 Å². The SMILES string of the molecule is CCC(C)(CCc1ccccc1)C(Cc1ccccc1)C(=O)O. The monoisotopic (exact) mass is 310 g/mol. The van der Waals surface area contributed by atoms with Crippen LogP contribution in [0.15, 0.2) is 60.7 Å². The first-order valence-electron chi connectivity index (χ1n) is 8.36. The molecule has 23 heavy (non-hydrogen) atoms. The van der Waals surface area contributed by atoms with Gasteiger partial charge >= 0.3 is 5.97 Å². The quantitative estimate of drug-likeness (QED) is 0.746. The van der Waals surface area contributed by atoms with E-state index in [2.05, 4.69) is 26.0 Å². The van der Waals surface area contributed by atoms with Gasteiger partial charge < -0.3 is 5.11 Å². The molecule has 2 nitrogen and oxygen atoms in total. The molecule has 0 saturated carbocycles. The van der Waals surface area contributed by atoms with Crippen molar-refractivity contribution in [1.82, 2.24) is 0 Å². The van der Waals surface area contributed by atoms with E-state index in [4.69, 9.17) is 0 Å². The molecule has 0 radical (unpaired) electrons. The molecule has 0 amide bonds. The van der Waals surface area contributed by atoms with Gasteiger partial charge in [0, 0.05) is 0 Å². The highest BCUT2D eigenvalue weighted by Gasteiger charge is 2.37. The molecular weight excluding hydrogens is 284 g/mol. The number of carbonyl (C=O) groups is 1. The van der Waals surface area contributed by atoms with Crippen molar-refractivity contribution in [2.75, 3.05) is 0 Å². The van der Waals surface area contributed by atoms with Gasteiger partial charge in [0.1, 0.15) is 0 Å². The van der Waals surface area contributed by atoms with E-state index >= 15 is 0 Å². The smallest absolute Gasteiger partial charge is 0.307 e. The zero-order chi connectivity index (χ0) is 16.7. The minimum absolute atomic E-state index is 0.211. The zero-order valence-corrected chi connectivity index (χ0v) is 14.0. The third kappa shape index (κ3) is 4.69. The van der Waals surface area contributed by atoms with Gasteiger partial charge in [-0.3, -0.25) is 4.79 Å². The van der Waals surface area contributed by atoms with Crippen LogP contribution in [0.4, 0.5) is 0 Å². The van der Waals surface area contributed by atoms with E-state index in [1.165, 1.54) is 5.56 Å². The predicted molar refractivity (Wildman–Crippen MR) is 94.4 cm³/mol. The average molecular weight is 310 g/mol. The first kappa shape index (κ1) is 17.3. The molecule has 0 fully saturated rings. The Kier molecular flexibility index (Phi) is 5.97. The highest BCUT2D eigenvalue weighted by Crippen LogP contribution is 2.38. The van der Waals surface area contributed by atoms with E-state index in [-0.39, 0.29) is 11.3 Å². The molecule has 0 saturated heterocycles. The summed E-state index contributed by atoms with van der Waals surface area (Å²) in [5.41, 5.74) is 2.16. The van der Waals surface area contributed by atoms with E-state index in [1.54, 1.807) is 0 Å². The van der Waals surface area contributed by atoms with E-state index in [1.807, 2.05) is 48.5 Å². The van der Waals surface area contributed by atoms with E-state index < -0.39 is 5.97 Å². The zero-order valence-electron chi connectivity index (χ0n) is 14.0. The molecule has 0 aliphatic heterocycles. The largest absolute Gasteiger partial charge is 0.481 e. The lowest BCUT2D eigenvalue weighted by atomic mass is 9.69. The lowest BCUT2D eigenvalue weighted by molar-refractivity contribution is -0.146. The minimum atomic E-state index is -0.689. The fraction of sp³-hybridized carbons (Fsp3) is 0.381. The second-order valence-electron chi connectivity index (χ2n) is 6.57. The minimum Gasteiger partial charge on any atom is -0.481 e. The molecule has 2 aromatic carbocycles. The summed E-state index contributed by atoms with van der Waals surface area (Å²) in [5, 5.41) is 9.80. The molecule has 0 aliphatic rings. The standard InChI is InChI=1S/C21H26O2/c1-3-21(2,15-14-17-10-6-4-7-11-17)19(20(22)23)16-18-12-8-5-9-13-18/h4-13,19H,3,14-16H2,1-2H3,(H,22,23). The number of rotatable bonds is 8. The summed E-state index contributed by atoms with van der Waals surface area (Å²) in [5.74, 6) is -1.05. The fourth-order valence-corrected chi connectivity index (χ4v) is 3.15. The normalized spacial score (nSPS) is 14.9. The molecule has 2 atom stereocenters. The molecule has 2 rings (SSSR count). The van der Waals surface area contributed by atoms with Crippen molar-refractivity contribution in [3.05, 3.63) is 71.8 Å². The second-order valence-corrected chi connectivity index (χ2v) is 6.57. The average Bonchev–Trinajstić information content (AvgIpc) is 2.59. The molecular formula is C21H26O2. The summed E-state index contributed by atoms with van der Waals surface area (Å²) in [4.78, 5) is 11.9. The molecule has 0 bridgehead atoms. The molecule has 122 valence electrons. The Balaban J connectivity index is 2.14. The van der Waals surface area contributed by atoms with Gasteiger partial charge in [-0.15, -0.1) is 0 Å². The van der Waals surface area contributed by atoms with E-state index in [0.29, 0.717) is 6.42 Å². The number of hydrogen-bond donors (Lipinski definition) is 1. The van der Waals surface area contributed by atoms with Gasteiger partial charge in [0.2, 0.25) is 0 Å². The number of aryl methyl sites for hydroxylation is 1. The highest BCUT2D eigenvalue weighted by molar-refractivity contribution is 5.71. The predicted octanol–water partition coefficient (Wildman–Crippen LogP) is 4.98. The molecule has 0 aliphatic carbocycles. The second kappa shape index (κ2) is 7.96. The maximum atomic E-state index is 11.9. The molecule has 0 heterocycles. The number of aliphatic carboxylic acids is 1. The van der Waals surface area contributed by atoms with E-state index in [0.717, 1.165) is 24.8 Å². The fourth-order valence-electron chi connectivity index (χ4n) is 3.15. The van der Waals surface area contributed by atoms with Gasteiger partial charge in [-0.25, -0.2) is 0 Å². The first-order valence-corrected chi connectivity index (χ1v) is 8.36.